The molecule has 180 valence electrons. The third-order valence-electron chi connectivity index (χ3n) is 6.06. The summed E-state index contributed by atoms with van der Waals surface area (Å²) in [5, 5.41) is 7.47. The fourth-order valence-electron chi connectivity index (χ4n) is 4.22. The highest BCUT2D eigenvalue weighted by Gasteiger charge is 2.35. The fourth-order valence-corrected chi connectivity index (χ4v) is 4.22. The van der Waals surface area contributed by atoms with Gasteiger partial charge in [-0.15, -0.1) is 0 Å². The van der Waals surface area contributed by atoms with E-state index in [2.05, 4.69) is 10.4 Å². The normalized spacial score (nSPS) is 12.5. The number of carbonyl (C=O) groups is 3. The molecule has 0 unspecified atom stereocenters. The van der Waals surface area contributed by atoms with Crippen molar-refractivity contribution in [3.63, 3.8) is 0 Å². The van der Waals surface area contributed by atoms with Gasteiger partial charge in [0.05, 0.1) is 41.7 Å². The molecule has 3 amide bonds. The maximum atomic E-state index is 13.0. The molecule has 1 aliphatic heterocycles. The largest absolute Gasteiger partial charge is 0.496 e. The lowest BCUT2D eigenvalue weighted by Crippen LogP contribution is -2.29. The van der Waals surface area contributed by atoms with Crippen molar-refractivity contribution in [2.75, 3.05) is 13.7 Å². The summed E-state index contributed by atoms with van der Waals surface area (Å²) in [6.07, 6.45) is 2.45. The maximum absolute atomic E-state index is 13.0. The van der Waals surface area contributed by atoms with Crippen LogP contribution in [0.2, 0.25) is 0 Å². The predicted molar refractivity (Wildman–Crippen MR) is 133 cm³/mol. The number of amides is 3. The number of methoxy groups -OCH3 is 1. The number of hydrogen-bond acceptors (Lipinski definition) is 5. The highest BCUT2D eigenvalue weighted by molar-refractivity contribution is 6.21. The van der Waals surface area contributed by atoms with Gasteiger partial charge in [0.1, 0.15) is 5.75 Å². The van der Waals surface area contributed by atoms with E-state index in [9.17, 15) is 14.4 Å². The Morgan fingerprint density at radius 1 is 0.917 bits per heavy atom. The molecule has 5 rings (SSSR count). The number of hydrogen-bond donors (Lipinski definition) is 1. The number of carbonyl (C=O) groups excluding carboxylic acids is 3. The molecule has 2 heterocycles. The van der Waals surface area contributed by atoms with E-state index in [-0.39, 0.29) is 24.3 Å². The minimum absolute atomic E-state index is 0.0630. The van der Waals surface area contributed by atoms with Crippen LogP contribution in [-0.2, 0) is 13.0 Å². The lowest BCUT2D eigenvalue weighted by atomic mass is 10.1. The molecule has 0 fully saturated rings. The molecule has 0 spiro atoms. The van der Waals surface area contributed by atoms with Crippen molar-refractivity contribution in [1.82, 2.24) is 20.0 Å². The van der Waals surface area contributed by atoms with Crippen molar-refractivity contribution in [3.05, 3.63) is 113 Å². The number of para-hydroxylation sites is 1. The summed E-state index contributed by atoms with van der Waals surface area (Å²) in [6.45, 7) is 0.448. The van der Waals surface area contributed by atoms with Gasteiger partial charge in [-0.25, -0.2) is 4.68 Å². The smallest absolute Gasteiger partial charge is 0.261 e. The Labute approximate surface area is 208 Å². The van der Waals surface area contributed by atoms with E-state index in [4.69, 9.17) is 4.74 Å². The van der Waals surface area contributed by atoms with Gasteiger partial charge < -0.3 is 10.1 Å². The van der Waals surface area contributed by atoms with Gasteiger partial charge in [-0.2, -0.15) is 5.10 Å². The van der Waals surface area contributed by atoms with Crippen LogP contribution in [0.1, 0.15) is 42.3 Å². The Kier molecular flexibility index (Phi) is 6.32. The number of nitrogens with one attached hydrogen (secondary N) is 1. The van der Waals surface area contributed by atoms with E-state index < -0.39 is 0 Å². The average molecular weight is 481 g/mol. The summed E-state index contributed by atoms with van der Waals surface area (Å²) in [7, 11) is 1.49. The summed E-state index contributed by atoms with van der Waals surface area (Å²) >= 11 is 0. The third kappa shape index (κ3) is 4.48. The van der Waals surface area contributed by atoms with E-state index >= 15 is 0 Å². The van der Waals surface area contributed by atoms with Crippen molar-refractivity contribution < 1.29 is 19.1 Å². The summed E-state index contributed by atoms with van der Waals surface area (Å²) in [5.74, 6) is -0.578. The molecular weight excluding hydrogens is 456 g/mol. The van der Waals surface area contributed by atoms with Gasteiger partial charge in [0.15, 0.2) is 0 Å². The lowest BCUT2D eigenvalue weighted by molar-refractivity contribution is 0.0642. The molecule has 1 aliphatic rings. The molecule has 8 heteroatoms. The van der Waals surface area contributed by atoms with Gasteiger partial charge in [-0.1, -0.05) is 36.4 Å². The molecule has 36 heavy (non-hydrogen) atoms. The van der Waals surface area contributed by atoms with Crippen LogP contribution in [0.5, 0.6) is 5.75 Å². The SMILES string of the molecule is COc1ccc(CN2C(=O)c3ccccc3C2=O)cc1C(=O)NCCc1ccn(-c2ccccc2)n1. The van der Waals surface area contributed by atoms with Crippen LogP contribution in [-0.4, -0.2) is 46.1 Å². The van der Waals surface area contributed by atoms with Crippen LogP contribution in [0.3, 0.4) is 0 Å². The summed E-state index contributed by atoms with van der Waals surface area (Å²) in [5.41, 5.74) is 3.59. The second-order valence-electron chi connectivity index (χ2n) is 8.37. The Hall–Kier alpha value is -4.72. The number of imide groups is 1. The number of rotatable bonds is 8. The number of fused-ring (bicyclic) bond motifs is 1. The zero-order valence-corrected chi connectivity index (χ0v) is 19.7. The summed E-state index contributed by atoms with van der Waals surface area (Å²) in [6, 6.07) is 23.5. The second-order valence-corrected chi connectivity index (χ2v) is 8.37. The average Bonchev–Trinajstić information content (AvgIpc) is 3.48. The van der Waals surface area contributed by atoms with E-state index in [1.54, 1.807) is 47.1 Å². The topological polar surface area (TPSA) is 93.5 Å². The van der Waals surface area contributed by atoms with Crippen LogP contribution in [0.4, 0.5) is 0 Å². The standard InChI is InChI=1S/C28H24N4O4/c1-36-25-12-11-19(18-31-27(34)22-9-5-6-10-23(22)28(31)35)17-24(25)26(33)29-15-13-20-14-16-32(30-20)21-7-3-2-4-8-21/h2-12,14,16-17H,13,15,18H2,1H3,(H,29,33). The maximum Gasteiger partial charge on any atom is 0.261 e. The minimum atomic E-state index is -0.340. The quantitative estimate of drug-likeness (QED) is 0.389. The van der Waals surface area contributed by atoms with Crippen LogP contribution < -0.4 is 10.1 Å². The minimum Gasteiger partial charge on any atom is -0.496 e. The Bertz CT molecular complexity index is 1410. The fraction of sp³-hybridized carbons (Fsp3) is 0.143. The lowest BCUT2D eigenvalue weighted by Gasteiger charge is -2.16. The first kappa shape index (κ1) is 23.0. The van der Waals surface area contributed by atoms with Gasteiger partial charge in [0, 0.05) is 19.2 Å². The number of ether oxygens (including phenoxy) is 1. The molecule has 0 bridgehead atoms. The highest BCUT2D eigenvalue weighted by Crippen LogP contribution is 2.26. The molecule has 4 aromatic rings. The first-order chi connectivity index (χ1) is 17.5. The van der Waals surface area contributed by atoms with Crippen molar-refractivity contribution >= 4 is 17.7 Å². The molecule has 1 N–H and O–H groups in total. The van der Waals surface area contributed by atoms with Gasteiger partial charge in [-0.05, 0) is 48.0 Å². The molecule has 3 aromatic carbocycles. The van der Waals surface area contributed by atoms with E-state index in [0.717, 1.165) is 11.4 Å². The summed E-state index contributed by atoms with van der Waals surface area (Å²) < 4.78 is 7.17. The van der Waals surface area contributed by atoms with Crippen LogP contribution in [0.25, 0.3) is 5.69 Å². The van der Waals surface area contributed by atoms with E-state index in [1.807, 2.05) is 42.6 Å². The zero-order chi connectivity index (χ0) is 25.1. The molecule has 0 radical (unpaired) electrons. The van der Waals surface area contributed by atoms with Crippen molar-refractivity contribution in [1.29, 1.82) is 0 Å². The van der Waals surface area contributed by atoms with Crippen LogP contribution in [0, 0.1) is 0 Å². The molecule has 0 aliphatic carbocycles. The Balaban J connectivity index is 1.25. The molecule has 0 saturated heterocycles. The van der Waals surface area contributed by atoms with Gasteiger partial charge >= 0.3 is 0 Å². The number of benzene rings is 3. The number of aromatic nitrogens is 2. The van der Waals surface area contributed by atoms with Crippen molar-refractivity contribution in [2.45, 2.75) is 13.0 Å². The van der Waals surface area contributed by atoms with Crippen LogP contribution in [0.15, 0.2) is 85.1 Å². The van der Waals surface area contributed by atoms with Gasteiger partial charge in [0.2, 0.25) is 0 Å². The van der Waals surface area contributed by atoms with Crippen molar-refractivity contribution in [2.24, 2.45) is 0 Å². The van der Waals surface area contributed by atoms with Gasteiger partial charge in [0.25, 0.3) is 17.7 Å². The third-order valence-corrected chi connectivity index (χ3v) is 6.06. The monoisotopic (exact) mass is 480 g/mol. The van der Waals surface area contributed by atoms with Crippen LogP contribution >= 0.6 is 0 Å². The second kappa shape index (κ2) is 9.87. The Morgan fingerprint density at radius 2 is 1.61 bits per heavy atom. The molecule has 8 nitrogen and oxygen atoms in total. The Morgan fingerprint density at radius 3 is 2.31 bits per heavy atom. The van der Waals surface area contributed by atoms with E-state index in [0.29, 0.717) is 41.0 Å². The first-order valence-electron chi connectivity index (χ1n) is 11.6. The molecule has 1 aromatic heterocycles. The molecular formula is C28H24N4O4. The number of nitrogens with zero attached hydrogens (tertiary/aromatic N) is 3. The van der Waals surface area contributed by atoms with E-state index in [1.165, 1.54) is 12.0 Å². The zero-order valence-electron chi connectivity index (χ0n) is 19.7. The first-order valence-corrected chi connectivity index (χ1v) is 11.6. The van der Waals surface area contributed by atoms with Crippen molar-refractivity contribution in [3.8, 4) is 11.4 Å². The predicted octanol–water partition coefficient (Wildman–Crippen LogP) is 3.65. The summed E-state index contributed by atoms with van der Waals surface area (Å²) in [4.78, 5) is 39.6. The highest BCUT2D eigenvalue weighted by atomic mass is 16.5. The molecule has 0 saturated carbocycles. The molecule has 0 atom stereocenters. The van der Waals surface area contributed by atoms with Gasteiger partial charge in [-0.3, -0.25) is 19.3 Å².